The van der Waals surface area contributed by atoms with Gasteiger partial charge in [0.15, 0.2) is 5.78 Å². The first-order valence-corrected chi connectivity index (χ1v) is 7.90. The van der Waals surface area contributed by atoms with Gasteiger partial charge >= 0.3 is 0 Å². The summed E-state index contributed by atoms with van der Waals surface area (Å²) >= 11 is 0. The molecule has 0 unspecified atom stereocenters. The highest BCUT2D eigenvalue weighted by molar-refractivity contribution is 7.96. The lowest BCUT2D eigenvalue weighted by atomic mass is 10.1. The van der Waals surface area contributed by atoms with E-state index < -0.39 is 26.3 Å². The van der Waals surface area contributed by atoms with Crippen LogP contribution in [0.2, 0.25) is 0 Å². The molecule has 6 heteroatoms. The molecule has 4 nitrogen and oxygen atoms in total. The number of hydrogen-bond acceptors (Lipinski definition) is 4. The zero-order chi connectivity index (χ0) is 14.8. The molecule has 20 heavy (non-hydrogen) atoms. The van der Waals surface area contributed by atoms with E-state index in [1.54, 1.807) is 0 Å². The molecule has 0 aromatic heterocycles. The number of ketones is 1. The van der Waals surface area contributed by atoms with Gasteiger partial charge in [-0.1, -0.05) is 12.1 Å². The van der Waals surface area contributed by atoms with E-state index >= 15 is 0 Å². The number of sulfone groups is 1. The molecule has 1 N–H and O–H groups in total. The van der Waals surface area contributed by atoms with E-state index in [-0.39, 0.29) is 4.91 Å². The first-order valence-electron chi connectivity index (χ1n) is 6.42. The number of Topliss-reactive ketones (excluding diaryl/α,β-unsaturated/α-hetero) is 1. The molecule has 1 aromatic rings. The summed E-state index contributed by atoms with van der Waals surface area (Å²) in [5.74, 6) is -1.42. The Balaban J connectivity index is 2.60. The number of nitrogens with one attached hydrogen (secondary N) is 1. The number of benzene rings is 1. The summed E-state index contributed by atoms with van der Waals surface area (Å²) in [6.45, 7) is 1.82. The smallest absolute Gasteiger partial charge is 0.214 e. The highest BCUT2D eigenvalue weighted by Crippen LogP contribution is 2.27. The molecular formula is C14H16FNO3S. The van der Waals surface area contributed by atoms with Crippen molar-refractivity contribution in [1.29, 1.82) is 0 Å². The van der Waals surface area contributed by atoms with Crippen LogP contribution >= 0.6 is 0 Å². The fourth-order valence-electron chi connectivity index (χ4n) is 2.28. The molecular weight excluding hydrogens is 281 g/mol. The van der Waals surface area contributed by atoms with Crippen molar-refractivity contribution in [2.45, 2.75) is 31.1 Å². The SMILES string of the molecule is CC(=O)/C(=C1\CCCCN1)S(=O)(=O)c1ccccc1F. The Morgan fingerprint density at radius 1 is 1.25 bits per heavy atom. The van der Waals surface area contributed by atoms with Crippen LogP contribution in [0, 0.1) is 5.82 Å². The van der Waals surface area contributed by atoms with Crippen LogP contribution in [-0.4, -0.2) is 20.7 Å². The first kappa shape index (κ1) is 14.7. The molecule has 1 fully saturated rings. The second-order valence-corrected chi connectivity index (χ2v) is 6.54. The second kappa shape index (κ2) is 5.75. The molecule has 1 heterocycles. The lowest BCUT2D eigenvalue weighted by Gasteiger charge is -2.20. The van der Waals surface area contributed by atoms with Crippen molar-refractivity contribution in [3.05, 3.63) is 40.7 Å². The van der Waals surface area contributed by atoms with Gasteiger partial charge in [-0.3, -0.25) is 4.79 Å². The maximum Gasteiger partial charge on any atom is 0.214 e. The minimum atomic E-state index is -4.14. The highest BCUT2D eigenvalue weighted by atomic mass is 32.2. The zero-order valence-corrected chi connectivity index (χ0v) is 12.0. The van der Waals surface area contributed by atoms with Crippen molar-refractivity contribution < 1.29 is 17.6 Å². The van der Waals surface area contributed by atoms with Crippen LogP contribution in [0.15, 0.2) is 39.8 Å². The Kier molecular flexibility index (Phi) is 4.23. The van der Waals surface area contributed by atoms with Gasteiger partial charge in [0.1, 0.15) is 15.6 Å². The van der Waals surface area contributed by atoms with E-state index in [0.29, 0.717) is 18.7 Å². The van der Waals surface area contributed by atoms with Crippen LogP contribution in [-0.2, 0) is 14.6 Å². The number of carbonyl (C=O) groups is 1. The Bertz CT molecular complexity index is 657. The Hall–Kier alpha value is -1.69. The standard InChI is InChI=1S/C14H16FNO3S/c1-10(17)14(12-7-4-5-9-16-12)20(18,19)13-8-3-2-6-11(13)15/h2-3,6,8,16H,4-5,7,9H2,1H3/b14-12-. The van der Waals surface area contributed by atoms with E-state index in [1.807, 2.05) is 0 Å². The average molecular weight is 297 g/mol. The average Bonchev–Trinajstić information content (AvgIpc) is 2.39. The minimum Gasteiger partial charge on any atom is -0.387 e. The van der Waals surface area contributed by atoms with Crippen LogP contribution in [0.1, 0.15) is 26.2 Å². The summed E-state index contributed by atoms with van der Waals surface area (Å²) in [6.07, 6.45) is 2.23. The van der Waals surface area contributed by atoms with Crippen LogP contribution < -0.4 is 5.32 Å². The van der Waals surface area contributed by atoms with E-state index in [2.05, 4.69) is 5.32 Å². The van der Waals surface area contributed by atoms with Crippen LogP contribution in [0.4, 0.5) is 4.39 Å². The van der Waals surface area contributed by atoms with Gasteiger partial charge < -0.3 is 5.32 Å². The summed E-state index contributed by atoms with van der Waals surface area (Å²) in [5, 5.41) is 2.95. The molecule has 1 aromatic carbocycles. The third-order valence-corrected chi connectivity index (χ3v) is 5.16. The van der Waals surface area contributed by atoms with E-state index in [4.69, 9.17) is 0 Å². The van der Waals surface area contributed by atoms with Crippen LogP contribution in [0.25, 0.3) is 0 Å². The molecule has 1 saturated heterocycles. The van der Waals surface area contributed by atoms with Crippen molar-refractivity contribution >= 4 is 15.6 Å². The monoisotopic (exact) mass is 297 g/mol. The Morgan fingerprint density at radius 3 is 2.50 bits per heavy atom. The molecule has 0 atom stereocenters. The third-order valence-electron chi connectivity index (χ3n) is 3.18. The molecule has 0 aliphatic carbocycles. The lowest BCUT2D eigenvalue weighted by Crippen LogP contribution is -2.26. The predicted octanol–water partition coefficient (Wildman–Crippen LogP) is 2.17. The summed E-state index contributed by atoms with van der Waals surface area (Å²) in [5.41, 5.74) is 0.395. The van der Waals surface area contributed by atoms with Crippen LogP contribution in [0.5, 0.6) is 0 Å². The minimum absolute atomic E-state index is 0.317. The quantitative estimate of drug-likeness (QED) is 0.869. The topological polar surface area (TPSA) is 63.2 Å². The number of piperidine rings is 1. The number of allylic oxidation sites excluding steroid dienone is 2. The fourth-order valence-corrected chi connectivity index (χ4v) is 3.96. The van der Waals surface area contributed by atoms with Gasteiger partial charge in [0.25, 0.3) is 0 Å². The Labute approximate surface area is 117 Å². The lowest BCUT2D eigenvalue weighted by molar-refractivity contribution is -0.113. The second-order valence-electron chi connectivity index (χ2n) is 4.68. The number of hydrogen-bond donors (Lipinski definition) is 1. The molecule has 0 saturated carbocycles. The molecule has 1 aliphatic heterocycles. The number of carbonyl (C=O) groups excluding carboxylic acids is 1. The van der Waals surface area contributed by atoms with Gasteiger partial charge in [0.05, 0.1) is 0 Å². The van der Waals surface area contributed by atoms with Gasteiger partial charge in [-0.05, 0) is 38.3 Å². The summed E-state index contributed by atoms with van der Waals surface area (Å²) in [7, 11) is -4.14. The van der Waals surface area contributed by atoms with Crippen LogP contribution in [0.3, 0.4) is 0 Å². The zero-order valence-electron chi connectivity index (χ0n) is 11.1. The fraction of sp³-hybridized carbons (Fsp3) is 0.357. The highest BCUT2D eigenvalue weighted by Gasteiger charge is 2.30. The summed E-state index contributed by atoms with van der Waals surface area (Å²) in [6, 6.07) is 5.10. The van der Waals surface area contributed by atoms with Crippen molar-refractivity contribution in [2.24, 2.45) is 0 Å². The molecule has 0 radical (unpaired) electrons. The molecule has 0 amide bonds. The maximum absolute atomic E-state index is 13.7. The molecule has 108 valence electrons. The van der Waals surface area contributed by atoms with E-state index in [1.165, 1.54) is 25.1 Å². The van der Waals surface area contributed by atoms with E-state index in [9.17, 15) is 17.6 Å². The van der Waals surface area contributed by atoms with Crippen molar-refractivity contribution in [2.75, 3.05) is 6.54 Å². The first-order chi connectivity index (χ1) is 9.44. The third kappa shape index (κ3) is 2.75. The van der Waals surface area contributed by atoms with Gasteiger partial charge in [0.2, 0.25) is 9.84 Å². The molecule has 0 spiro atoms. The maximum atomic E-state index is 13.7. The summed E-state index contributed by atoms with van der Waals surface area (Å²) in [4.78, 5) is 11.0. The number of rotatable bonds is 3. The van der Waals surface area contributed by atoms with Crippen molar-refractivity contribution in [1.82, 2.24) is 5.32 Å². The molecule has 2 rings (SSSR count). The predicted molar refractivity (Wildman–Crippen MR) is 73.1 cm³/mol. The molecule has 1 aliphatic rings. The van der Waals surface area contributed by atoms with Crippen molar-refractivity contribution in [3.63, 3.8) is 0 Å². The van der Waals surface area contributed by atoms with E-state index in [0.717, 1.165) is 18.9 Å². The van der Waals surface area contributed by atoms with Gasteiger partial charge in [0, 0.05) is 12.2 Å². The van der Waals surface area contributed by atoms with Crippen molar-refractivity contribution in [3.8, 4) is 0 Å². The Morgan fingerprint density at radius 2 is 1.95 bits per heavy atom. The van der Waals surface area contributed by atoms with Gasteiger partial charge in [-0.15, -0.1) is 0 Å². The largest absolute Gasteiger partial charge is 0.387 e. The normalized spacial score (nSPS) is 18.3. The van der Waals surface area contributed by atoms with Gasteiger partial charge in [-0.25, -0.2) is 12.8 Å². The number of halogens is 1. The van der Waals surface area contributed by atoms with Gasteiger partial charge in [-0.2, -0.15) is 0 Å². The summed E-state index contributed by atoms with van der Waals surface area (Å²) < 4.78 is 38.8. The molecule has 0 bridgehead atoms.